The molecule has 2 unspecified atom stereocenters. The van der Waals surface area contributed by atoms with Gasteiger partial charge in [-0.2, -0.15) is 26.3 Å². The summed E-state index contributed by atoms with van der Waals surface area (Å²) in [6, 6.07) is -0.382. The molecule has 16 heavy (non-hydrogen) atoms. The quantitative estimate of drug-likeness (QED) is 0.765. The number of ether oxygens (including phenoxy) is 1. The predicted octanol–water partition coefficient (Wildman–Crippen LogP) is 2.38. The Morgan fingerprint density at radius 3 is 1.81 bits per heavy atom. The van der Waals surface area contributed by atoms with Crippen molar-refractivity contribution in [2.75, 3.05) is 0 Å². The van der Waals surface area contributed by atoms with Gasteiger partial charge in [0.05, 0.1) is 6.10 Å². The summed E-state index contributed by atoms with van der Waals surface area (Å²) in [5, 5.41) is 0. The van der Waals surface area contributed by atoms with Crippen LogP contribution in [-0.2, 0) is 4.74 Å². The highest BCUT2D eigenvalue weighted by atomic mass is 19.4. The number of nitrogens with two attached hydrogens (primary N) is 1. The van der Waals surface area contributed by atoms with Crippen LogP contribution >= 0.6 is 0 Å². The highest BCUT2D eigenvalue weighted by Crippen LogP contribution is 2.38. The second kappa shape index (κ2) is 4.40. The summed E-state index contributed by atoms with van der Waals surface area (Å²) in [5.74, 6) is 0. The molecule has 0 saturated heterocycles. The average Bonchev–Trinajstić information content (AvgIpc) is 2.43. The Balaban J connectivity index is 2.65. The first-order chi connectivity index (χ1) is 7.10. The van der Waals surface area contributed by atoms with Crippen LogP contribution in [0.5, 0.6) is 0 Å². The molecule has 0 bridgehead atoms. The van der Waals surface area contributed by atoms with E-state index >= 15 is 0 Å². The zero-order chi connectivity index (χ0) is 12.6. The average molecular weight is 251 g/mol. The maximum atomic E-state index is 12.1. The monoisotopic (exact) mass is 251 g/mol. The second-order valence-electron chi connectivity index (χ2n) is 3.79. The number of hydrogen-bond acceptors (Lipinski definition) is 2. The molecule has 1 aliphatic rings. The lowest BCUT2D eigenvalue weighted by Gasteiger charge is -2.26. The summed E-state index contributed by atoms with van der Waals surface area (Å²) < 4.78 is 76.6. The molecule has 0 aliphatic heterocycles. The van der Waals surface area contributed by atoms with Gasteiger partial charge in [-0.3, -0.25) is 0 Å². The van der Waals surface area contributed by atoms with Gasteiger partial charge in [0.25, 0.3) is 0 Å². The zero-order valence-corrected chi connectivity index (χ0v) is 8.11. The third kappa shape index (κ3) is 3.51. The van der Waals surface area contributed by atoms with Crippen LogP contribution in [0.1, 0.15) is 19.3 Å². The van der Waals surface area contributed by atoms with Crippen molar-refractivity contribution in [1.29, 1.82) is 0 Å². The summed E-state index contributed by atoms with van der Waals surface area (Å²) >= 11 is 0. The van der Waals surface area contributed by atoms with Gasteiger partial charge in [-0.1, -0.05) is 0 Å². The predicted molar refractivity (Wildman–Crippen MR) is 42.6 cm³/mol. The molecule has 0 heterocycles. The summed E-state index contributed by atoms with van der Waals surface area (Å²) in [7, 11) is 0. The SMILES string of the molecule is NC1CCC(OC(C(F)(F)F)C(F)(F)F)C1. The fourth-order valence-corrected chi connectivity index (χ4v) is 1.63. The molecule has 1 saturated carbocycles. The number of halogens is 6. The molecule has 2 atom stereocenters. The Morgan fingerprint density at radius 2 is 1.50 bits per heavy atom. The molecular weight excluding hydrogens is 240 g/mol. The first kappa shape index (κ1) is 13.6. The van der Waals surface area contributed by atoms with Crippen molar-refractivity contribution in [3.63, 3.8) is 0 Å². The van der Waals surface area contributed by atoms with Crippen LogP contribution in [0, 0.1) is 0 Å². The van der Waals surface area contributed by atoms with Gasteiger partial charge >= 0.3 is 12.4 Å². The van der Waals surface area contributed by atoms with Crippen LogP contribution in [0.2, 0.25) is 0 Å². The van der Waals surface area contributed by atoms with Gasteiger partial charge in [0, 0.05) is 6.04 Å². The van der Waals surface area contributed by atoms with E-state index in [0.29, 0.717) is 6.42 Å². The van der Waals surface area contributed by atoms with Crippen LogP contribution in [0.4, 0.5) is 26.3 Å². The molecule has 0 aromatic heterocycles. The molecule has 0 aromatic carbocycles. The topological polar surface area (TPSA) is 35.2 Å². The molecule has 96 valence electrons. The van der Waals surface area contributed by atoms with Crippen molar-refractivity contribution in [3.05, 3.63) is 0 Å². The Hall–Kier alpha value is -0.500. The van der Waals surface area contributed by atoms with Gasteiger partial charge in [-0.25, -0.2) is 0 Å². The summed E-state index contributed by atoms with van der Waals surface area (Å²) in [4.78, 5) is 0. The van der Waals surface area contributed by atoms with Gasteiger partial charge < -0.3 is 10.5 Å². The lowest BCUT2D eigenvalue weighted by atomic mass is 10.2. The van der Waals surface area contributed by atoms with E-state index in [2.05, 4.69) is 4.74 Å². The van der Waals surface area contributed by atoms with Gasteiger partial charge in [-0.15, -0.1) is 0 Å². The molecule has 0 radical (unpaired) electrons. The zero-order valence-electron chi connectivity index (χ0n) is 8.11. The Labute approximate surface area is 87.7 Å². The van der Waals surface area contributed by atoms with E-state index in [1.165, 1.54) is 0 Å². The highest BCUT2D eigenvalue weighted by Gasteiger charge is 2.58. The van der Waals surface area contributed by atoms with Gasteiger partial charge in [0.1, 0.15) is 0 Å². The third-order valence-electron chi connectivity index (χ3n) is 2.35. The fourth-order valence-electron chi connectivity index (χ4n) is 1.63. The van der Waals surface area contributed by atoms with E-state index in [1.54, 1.807) is 0 Å². The smallest absolute Gasteiger partial charge is 0.358 e. The van der Waals surface area contributed by atoms with Gasteiger partial charge in [-0.05, 0) is 19.3 Å². The highest BCUT2D eigenvalue weighted by molar-refractivity contribution is 4.83. The van der Waals surface area contributed by atoms with E-state index in [-0.39, 0.29) is 18.9 Å². The second-order valence-corrected chi connectivity index (χ2v) is 3.79. The number of rotatable bonds is 2. The molecule has 8 heteroatoms. The van der Waals surface area contributed by atoms with Crippen molar-refractivity contribution >= 4 is 0 Å². The van der Waals surface area contributed by atoms with Crippen LogP contribution < -0.4 is 5.73 Å². The molecule has 1 fully saturated rings. The van der Waals surface area contributed by atoms with Crippen molar-refractivity contribution in [3.8, 4) is 0 Å². The maximum absolute atomic E-state index is 12.1. The van der Waals surface area contributed by atoms with Gasteiger partial charge in [0.2, 0.25) is 6.10 Å². The molecule has 2 N–H and O–H groups in total. The maximum Gasteiger partial charge on any atom is 0.423 e. The van der Waals surface area contributed by atoms with E-state index in [0.717, 1.165) is 0 Å². The van der Waals surface area contributed by atoms with E-state index < -0.39 is 24.6 Å². The van der Waals surface area contributed by atoms with Crippen LogP contribution in [0.25, 0.3) is 0 Å². The minimum atomic E-state index is -5.44. The van der Waals surface area contributed by atoms with Crippen LogP contribution in [-0.4, -0.2) is 30.6 Å². The minimum Gasteiger partial charge on any atom is -0.358 e. The summed E-state index contributed by atoms with van der Waals surface area (Å²) in [6.07, 6.45) is -15.1. The first-order valence-corrected chi connectivity index (χ1v) is 4.65. The number of hydrogen-bond donors (Lipinski definition) is 1. The fraction of sp³-hybridized carbons (Fsp3) is 1.00. The first-order valence-electron chi connectivity index (χ1n) is 4.65. The number of alkyl halides is 6. The lowest BCUT2D eigenvalue weighted by Crippen LogP contribution is -2.46. The van der Waals surface area contributed by atoms with E-state index in [1.807, 2.05) is 0 Å². The molecule has 1 rings (SSSR count). The molecule has 0 amide bonds. The van der Waals surface area contributed by atoms with E-state index in [4.69, 9.17) is 5.73 Å². The third-order valence-corrected chi connectivity index (χ3v) is 2.35. The van der Waals surface area contributed by atoms with Crippen molar-refractivity contribution in [1.82, 2.24) is 0 Å². The Bertz CT molecular complexity index is 224. The van der Waals surface area contributed by atoms with Crippen molar-refractivity contribution < 1.29 is 31.1 Å². The minimum absolute atomic E-state index is 0.0304. The molecule has 0 spiro atoms. The largest absolute Gasteiger partial charge is 0.423 e. The molecule has 0 aromatic rings. The molecule has 1 aliphatic carbocycles. The van der Waals surface area contributed by atoms with Gasteiger partial charge in [0.15, 0.2) is 0 Å². The van der Waals surface area contributed by atoms with E-state index in [9.17, 15) is 26.3 Å². The summed E-state index contributed by atoms with van der Waals surface area (Å²) in [6.45, 7) is 0. The lowest BCUT2D eigenvalue weighted by molar-refractivity contribution is -0.330. The Morgan fingerprint density at radius 1 is 1.00 bits per heavy atom. The van der Waals surface area contributed by atoms with Crippen LogP contribution in [0.15, 0.2) is 0 Å². The Kier molecular flexibility index (Phi) is 3.73. The normalized spacial score (nSPS) is 27.8. The molecule has 2 nitrogen and oxygen atoms in total. The standard InChI is InChI=1S/C8H11F6NO/c9-7(10,11)6(8(12,13)14)16-5-2-1-4(15)3-5/h4-6H,1-3,15H2. The van der Waals surface area contributed by atoms with Crippen LogP contribution in [0.3, 0.4) is 0 Å². The van der Waals surface area contributed by atoms with Crippen molar-refractivity contribution in [2.45, 2.75) is 49.9 Å². The summed E-state index contributed by atoms with van der Waals surface area (Å²) in [5.41, 5.74) is 5.38. The molecular formula is C8H11F6NO. The van der Waals surface area contributed by atoms with Crippen molar-refractivity contribution in [2.24, 2.45) is 5.73 Å².